The van der Waals surface area contributed by atoms with Crippen molar-refractivity contribution in [2.24, 2.45) is 0 Å². The Morgan fingerprint density at radius 1 is 0.938 bits per heavy atom. The van der Waals surface area contributed by atoms with Gasteiger partial charge in [0.25, 0.3) is 11.8 Å². The van der Waals surface area contributed by atoms with E-state index < -0.39 is 5.91 Å². The largest absolute Gasteiger partial charge is 0.321 e. The Morgan fingerprint density at radius 3 is 2.09 bits per heavy atom. The summed E-state index contributed by atoms with van der Waals surface area (Å²) in [6.45, 7) is 5.57. The number of hydrogen-bond acceptors (Lipinski definition) is 6. The third-order valence-corrected chi connectivity index (χ3v) is 4.84. The number of rotatable bonds is 5. The first-order valence-corrected chi connectivity index (χ1v) is 9.86. The average molecular weight is 424 g/mol. The highest BCUT2D eigenvalue weighted by molar-refractivity contribution is 6.06. The van der Waals surface area contributed by atoms with E-state index in [0.717, 1.165) is 0 Å². The molecule has 0 unspecified atom stereocenters. The van der Waals surface area contributed by atoms with Crippen molar-refractivity contribution in [1.82, 2.24) is 9.97 Å². The van der Waals surface area contributed by atoms with Crippen LogP contribution in [0.25, 0.3) is 0 Å². The minimum atomic E-state index is -0.423. The fourth-order valence-corrected chi connectivity index (χ4v) is 3.13. The number of amides is 2. The Balaban J connectivity index is 1.83. The fraction of sp³-hybridized carbons (Fsp3) is 0.167. The first-order chi connectivity index (χ1) is 15.4. The van der Waals surface area contributed by atoms with E-state index in [4.69, 9.17) is 10.5 Å². The lowest BCUT2D eigenvalue weighted by atomic mass is 10.1. The summed E-state index contributed by atoms with van der Waals surface area (Å²) < 4.78 is 0. The van der Waals surface area contributed by atoms with E-state index in [-0.39, 0.29) is 17.3 Å². The van der Waals surface area contributed by atoms with Crippen LogP contribution in [0.15, 0.2) is 48.5 Å². The smallest absolute Gasteiger partial charge is 0.276 e. The molecule has 0 aliphatic heterocycles. The highest BCUT2D eigenvalue weighted by Gasteiger charge is 2.19. The lowest BCUT2D eigenvalue weighted by molar-refractivity contribution is 0.0982. The molecule has 3 aromatic rings. The molecule has 0 saturated heterocycles. The number of carbonyl (C=O) groups is 2. The van der Waals surface area contributed by atoms with Crippen LogP contribution < -0.4 is 10.2 Å². The molecule has 1 aromatic carbocycles. The zero-order chi connectivity index (χ0) is 23.3. The van der Waals surface area contributed by atoms with Gasteiger partial charge in [-0.1, -0.05) is 6.07 Å². The van der Waals surface area contributed by atoms with Gasteiger partial charge in [-0.3, -0.25) is 9.59 Å². The molecular formula is C24H20N6O2. The number of pyridine rings is 2. The lowest BCUT2D eigenvalue weighted by Gasteiger charge is -2.21. The van der Waals surface area contributed by atoms with Crippen LogP contribution in [0.3, 0.4) is 0 Å². The van der Waals surface area contributed by atoms with Crippen molar-refractivity contribution in [3.63, 3.8) is 0 Å². The Kier molecular flexibility index (Phi) is 6.57. The van der Waals surface area contributed by atoms with Gasteiger partial charge in [0, 0.05) is 17.9 Å². The highest BCUT2D eigenvalue weighted by Crippen LogP contribution is 2.22. The van der Waals surface area contributed by atoms with E-state index >= 15 is 0 Å². The average Bonchev–Trinajstić information content (AvgIpc) is 2.79. The fourth-order valence-electron chi connectivity index (χ4n) is 3.13. The molecule has 32 heavy (non-hydrogen) atoms. The molecule has 8 nitrogen and oxygen atoms in total. The first-order valence-electron chi connectivity index (χ1n) is 9.86. The van der Waals surface area contributed by atoms with Gasteiger partial charge < -0.3 is 10.2 Å². The topological polar surface area (TPSA) is 123 Å². The van der Waals surface area contributed by atoms with Crippen LogP contribution in [0.2, 0.25) is 0 Å². The third kappa shape index (κ3) is 4.61. The van der Waals surface area contributed by atoms with Crippen molar-refractivity contribution in [1.29, 1.82) is 10.5 Å². The van der Waals surface area contributed by atoms with E-state index in [1.165, 1.54) is 17.0 Å². The van der Waals surface area contributed by atoms with Gasteiger partial charge in [-0.15, -0.1) is 0 Å². The highest BCUT2D eigenvalue weighted by atomic mass is 16.2. The molecule has 0 aliphatic carbocycles. The third-order valence-electron chi connectivity index (χ3n) is 4.84. The first kappa shape index (κ1) is 22.1. The van der Waals surface area contributed by atoms with Crippen LogP contribution in [0.5, 0.6) is 0 Å². The van der Waals surface area contributed by atoms with Gasteiger partial charge in [0.15, 0.2) is 0 Å². The predicted octanol–water partition coefficient (Wildman–Crippen LogP) is 3.76. The van der Waals surface area contributed by atoms with Crippen LogP contribution in [-0.4, -0.2) is 28.3 Å². The van der Waals surface area contributed by atoms with E-state index in [0.29, 0.717) is 40.4 Å². The van der Waals surface area contributed by atoms with Crippen molar-refractivity contribution in [3.8, 4) is 12.1 Å². The molecule has 2 amide bonds. The Labute approximate surface area is 185 Å². The van der Waals surface area contributed by atoms with E-state index in [2.05, 4.69) is 15.3 Å². The summed E-state index contributed by atoms with van der Waals surface area (Å²) in [6.07, 6.45) is 0. The van der Waals surface area contributed by atoms with E-state index in [1.54, 1.807) is 50.2 Å². The molecule has 0 radical (unpaired) electrons. The second-order valence-electron chi connectivity index (χ2n) is 6.94. The summed E-state index contributed by atoms with van der Waals surface area (Å²) in [6, 6.07) is 17.1. The molecule has 158 valence electrons. The molecule has 8 heteroatoms. The summed E-state index contributed by atoms with van der Waals surface area (Å²) in [7, 11) is 0. The van der Waals surface area contributed by atoms with Crippen molar-refractivity contribution in [3.05, 3.63) is 82.4 Å². The minimum Gasteiger partial charge on any atom is -0.321 e. The van der Waals surface area contributed by atoms with Gasteiger partial charge in [0.05, 0.1) is 22.5 Å². The van der Waals surface area contributed by atoms with Gasteiger partial charge in [0.2, 0.25) is 0 Å². The number of benzene rings is 1. The number of nitriles is 2. The molecule has 0 saturated carbocycles. The van der Waals surface area contributed by atoms with Crippen molar-refractivity contribution < 1.29 is 9.59 Å². The molecule has 0 spiro atoms. The number of carbonyl (C=O) groups excluding carboxylic acids is 2. The molecule has 0 aliphatic rings. The van der Waals surface area contributed by atoms with Crippen LogP contribution >= 0.6 is 0 Å². The molecule has 3 rings (SSSR count). The number of aryl methyl sites for hydroxylation is 2. The standard InChI is InChI=1S/C24H20N6O2/c1-4-30(24(32)22-11-9-18(14-26)16(3)28-22)20-7-5-6-19(12-20)29-23(31)21-10-8-17(13-25)15(2)27-21/h5-12H,4H2,1-3H3,(H,29,31). The van der Waals surface area contributed by atoms with Crippen LogP contribution in [0.4, 0.5) is 11.4 Å². The van der Waals surface area contributed by atoms with Crippen LogP contribution in [0.1, 0.15) is 50.4 Å². The summed E-state index contributed by atoms with van der Waals surface area (Å²) in [5.41, 5.74) is 3.29. The predicted molar refractivity (Wildman–Crippen MR) is 119 cm³/mol. The maximum atomic E-state index is 13.0. The van der Waals surface area contributed by atoms with Gasteiger partial charge in [0.1, 0.15) is 23.5 Å². The molecule has 2 heterocycles. The van der Waals surface area contributed by atoms with Gasteiger partial charge in [-0.2, -0.15) is 10.5 Å². The number of hydrogen-bond donors (Lipinski definition) is 1. The van der Waals surface area contributed by atoms with Gasteiger partial charge in [-0.05, 0) is 63.2 Å². The summed E-state index contributed by atoms with van der Waals surface area (Å²) in [5.74, 6) is -0.735. The lowest BCUT2D eigenvalue weighted by Crippen LogP contribution is -2.31. The molecule has 0 bridgehead atoms. The van der Waals surface area contributed by atoms with Gasteiger partial charge >= 0.3 is 0 Å². The molecule has 0 fully saturated rings. The Hall–Kier alpha value is -4.56. The number of nitrogens with one attached hydrogen (secondary N) is 1. The Morgan fingerprint density at radius 2 is 1.53 bits per heavy atom. The number of nitrogens with zero attached hydrogens (tertiary/aromatic N) is 5. The number of aromatic nitrogens is 2. The Bertz CT molecular complexity index is 1290. The zero-order valence-corrected chi connectivity index (χ0v) is 17.9. The SMILES string of the molecule is CCN(C(=O)c1ccc(C#N)c(C)n1)c1cccc(NC(=O)c2ccc(C#N)c(C)n2)c1. The molecular weight excluding hydrogens is 404 g/mol. The van der Waals surface area contributed by atoms with Crippen molar-refractivity contribution in [2.45, 2.75) is 20.8 Å². The molecule has 2 aromatic heterocycles. The van der Waals surface area contributed by atoms with Crippen molar-refractivity contribution in [2.75, 3.05) is 16.8 Å². The summed E-state index contributed by atoms with van der Waals surface area (Å²) in [4.78, 5) is 35.6. The molecule has 1 N–H and O–H groups in total. The maximum Gasteiger partial charge on any atom is 0.276 e. The van der Waals surface area contributed by atoms with E-state index in [1.807, 2.05) is 19.1 Å². The quantitative estimate of drug-likeness (QED) is 0.665. The van der Waals surface area contributed by atoms with Crippen LogP contribution in [-0.2, 0) is 0 Å². The zero-order valence-electron chi connectivity index (χ0n) is 17.9. The van der Waals surface area contributed by atoms with Gasteiger partial charge in [-0.25, -0.2) is 9.97 Å². The monoisotopic (exact) mass is 424 g/mol. The molecule has 0 atom stereocenters. The number of anilines is 2. The van der Waals surface area contributed by atoms with Crippen molar-refractivity contribution >= 4 is 23.2 Å². The van der Waals surface area contributed by atoms with Crippen LogP contribution in [0, 0.1) is 36.5 Å². The maximum absolute atomic E-state index is 13.0. The van der Waals surface area contributed by atoms with E-state index in [9.17, 15) is 9.59 Å². The normalized spacial score (nSPS) is 10.0. The summed E-state index contributed by atoms with van der Waals surface area (Å²) in [5, 5.41) is 20.9. The second kappa shape index (κ2) is 9.50. The summed E-state index contributed by atoms with van der Waals surface area (Å²) >= 11 is 0. The second-order valence-corrected chi connectivity index (χ2v) is 6.94. The minimum absolute atomic E-state index is 0.188.